The van der Waals surface area contributed by atoms with Gasteiger partial charge in [-0.3, -0.25) is 14.6 Å². The topological polar surface area (TPSA) is 86.9 Å². The van der Waals surface area contributed by atoms with Crippen molar-refractivity contribution in [1.29, 1.82) is 0 Å². The lowest BCUT2D eigenvalue weighted by Crippen LogP contribution is -2.43. The van der Waals surface area contributed by atoms with E-state index in [0.717, 1.165) is 23.2 Å². The van der Waals surface area contributed by atoms with Gasteiger partial charge in [-0.1, -0.05) is 24.3 Å². The molecular weight excluding hydrogens is 340 g/mol. The molecule has 1 aromatic carbocycles. The summed E-state index contributed by atoms with van der Waals surface area (Å²) in [5.74, 6) is -0.390. The van der Waals surface area contributed by atoms with E-state index >= 15 is 0 Å². The minimum atomic E-state index is -0.908. The molecule has 3 N–H and O–H groups in total. The van der Waals surface area contributed by atoms with Crippen LogP contribution in [0.15, 0.2) is 54.9 Å². The van der Waals surface area contributed by atoms with Crippen LogP contribution in [0.3, 0.4) is 0 Å². The largest absolute Gasteiger partial charge is 0.361 e. The highest BCUT2D eigenvalue weighted by Crippen LogP contribution is 2.46. The van der Waals surface area contributed by atoms with Gasteiger partial charge < -0.3 is 15.6 Å². The summed E-state index contributed by atoms with van der Waals surface area (Å²) < 4.78 is 0. The number of aromatic amines is 1. The Balaban J connectivity index is 1.30. The van der Waals surface area contributed by atoms with Crippen molar-refractivity contribution in [3.8, 4) is 0 Å². The molecule has 6 nitrogen and oxygen atoms in total. The summed E-state index contributed by atoms with van der Waals surface area (Å²) >= 11 is 0. The van der Waals surface area contributed by atoms with Crippen molar-refractivity contribution in [2.75, 3.05) is 6.54 Å². The molecule has 1 aliphatic rings. The first kappa shape index (κ1) is 17.3. The summed E-state index contributed by atoms with van der Waals surface area (Å²) in [7, 11) is 0. The number of nitrogens with zero attached hydrogens (tertiary/aromatic N) is 1. The zero-order chi connectivity index (χ0) is 18.7. The second-order valence-corrected chi connectivity index (χ2v) is 6.95. The van der Waals surface area contributed by atoms with Crippen molar-refractivity contribution in [2.45, 2.75) is 25.8 Å². The number of amides is 2. The lowest BCUT2D eigenvalue weighted by Gasteiger charge is -2.15. The zero-order valence-corrected chi connectivity index (χ0v) is 15.0. The number of fused-ring (bicyclic) bond motifs is 1. The molecule has 6 heteroatoms. The van der Waals surface area contributed by atoms with Gasteiger partial charge in [0, 0.05) is 29.8 Å². The number of nitrogens with one attached hydrogen (secondary N) is 3. The molecule has 0 radical (unpaired) electrons. The van der Waals surface area contributed by atoms with Crippen LogP contribution in [0.5, 0.6) is 0 Å². The van der Waals surface area contributed by atoms with E-state index in [1.54, 1.807) is 6.20 Å². The Morgan fingerprint density at radius 3 is 2.59 bits per heavy atom. The molecule has 0 spiro atoms. The molecule has 1 aliphatic carbocycles. The minimum absolute atomic E-state index is 0.180. The van der Waals surface area contributed by atoms with Crippen molar-refractivity contribution in [3.63, 3.8) is 0 Å². The molecular formula is C21H22N4O2. The third kappa shape index (κ3) is 3.56. The van der Waals surface area contributed by atoms with Gasteiger partial charge in [-0.25, -0.2) is 0 Å². The average Bonchev–Trinajstić information content (AvgIpc) is 3.43. The maximum absolute atomic E-state index is 12.6. The van der Waals surface area contributed by atoms with E-state index in [9.17, 15) is 9.59 Å². The standard InChI is InChI=1S/C21H22N4O2/c26-19(23-12-8-15-13-24-18-7-2-1-6-17(15)18)21(9-10-21)20(27)25-14-16-5-3-4-11-22-16/h1-7,11,13,24H,8-10,12,14H2,(H,23,26)(H,25,27). The molecule has 138 valence electrons. The van der Waals surface area contributed by atoms with Crippen LogP contribution in [0, 0.1) is 5.41 Å². The van der Waals surface area contributed by atoms with Crippen LogP contribution in [0.4, 0.5) is 0 Å². The van der Waals surface area contributed by atoms with Crippen molar-refractivity contribution in [3.05, 3.63) is 66.1 Å². The maximum Gasteiger partial charge on any atom is 0.236 e. The summed E-state index contributed by atoms with van der Waals surface area (Å²) in [4.78, 5) is 32.5. The van der Waals surface area contributed by atoms with Crippen LogP contribution >= 0.6 is 0 Å². The SMILES string of the molecule is O=C(NCCc1c[nH]c2ccccc12)C1(C(=O)NCc2ccccn2)CC1. The van der Waals surface area contributed by atoms with Crippen molar-refractivity contribution in [2.24, 2.45) is 5.41 Å². The van der Waals surface area contributed by atoms with Crippen LogP contribution in [-0.2, 0) is 22.6 Å². The molecule has 4 rings (SSSR count). The first-order valence-corrected chi connectivity index (χ1v) is 9.20. The maximum atomic E-state index is 12.6. The fourth-order valence-corrected chi connectivity index (χ4v) is 3.34. The number of H-pyrrole nitrogens is 1. The Morgan fingerprint density at radius 1 is 1.04 bits per heavy atom. The Bertz CT molecular complexity index is 960. The van der Waals surface area contributed by atoms with Crippen molar-refractivity contribution in [1.82, 2.24) is 20.6 Å². The molecule has 0 aliphatic heterocycles. The van der Waals surface area contributed by atoms with Gasteiger partial charge in [-0.15, -0.1) is 0 Å². The third-order valence-electron chi connectivity index (χ3n) is 5.13. The van der Waals surface area contributed by atoms with Gasteiger partial charge in [0.2, 0.25) is 11.8 Å². The highest BCUT2D eigenvalue weighted by Gasteiger charge is 2.56. The van der Waals surface area contributed by atoms with E-state index in [-0.39, 0.29) is 11.8 Å². The van der Waals surface area contributed by atoms with Crippen molar-refractivity contribution < 1.29 is 9.59 Å². The molecule has 1 fully saturated rings. The number of carbonyl (C=O) groups is 2. The second-order valence-electron chi connectivity index (χ2n) is 6.95. The lowest BCUT2D eigenvalue weighted by atomic mass is 10.0. The predicted molar refractivity (Wildman–Crippen MR) is 103 cm³/mol. The molecule has 27 heavy (non-hydrogen) atoms. The van der Waals surface area contributed by atoms with Crippen molar-refractivity contribution >= 4 is 22.7 Å². The highest BCUT2D eigenvalue weighted by molar-refractivity contribution is 6.07. The smallest absolute Gasteiger partial charge is 0.236 e. The molecule has 0 bridgehead atoms. The quantitative estimate of drug-likeness (QED) is 0.564. The van der Waals surface area contributed by atoms with E-state index in [0.29, 0.717) is 25.9 Å². The molecule has 0 unspecified atom stereocenters. The van der Waals surface area contributed by atoms with Gasteiger partial charge in [0.05, 0.1) is 12.2 Å². The van der Waals surface area contributed by atoms with E-state index in [1.165, 1.54) is 5.39 Å². The zero-order valence-electron chi connectivity index (χ0n) is 15.0. The Labute approximate surface area is 157 Å². The normalized spacial score (nSPS) is 14.7. The van der Waals surface area contributed by atoms with Gasteiger partial charge >= 0.3 is 0 Å². The van der Waals surface area contributed by atoms with Crippen LogP contribution in [0.2, 0.25) is 0 Å². The van der Waals surface area contributed by atoms with Gasteiger partial charge in [0.15, 0.2) is 0 Å². The third-order valence-corrected chi connectivity index (χ3v) is 5.13. The van der Waals surface area contributed by atoms with Crippen LogP contribution in [0.25, 0.3) is 10.9 Å². The number of aromatic nitrogens is 2. The number of hydrogen-bond acceptors (Lipinski definition) is 3. The monoisotopic (exact) mass is 362 g/mol. The molecule has 0 atom stereocenters. The first-order valence-electron chi connectivity index (χ1n) is 9.20. The van der Waals surface area contributed by atoms with E-state index in [1.807, 2.05) is 42.6 Å². The Kier molecular flexibility index (Phi) is 4.62. The molecule has 3 aromatic rings. The van der Waals surface area contributed by atoms with E-state index in [4.69, 9.17) is 0 Å². The number of para-hydroxylation sites is 1. The van der Waals surface area contributed by atoms with Crippen LogP contribution < -0.4 is 10.6 Å². The van der Waals surface area contributed by atoms with E-state index < -0.39 is 5.41 Å². The number of benzene rings is 1. The van der Waals surface area contributed by atoms with Gasteiger partial charge in [-0.2, -0.15) is 0 Å². The summed E-state index contributed by atoms with van der Waals surface area (Å²) in [6.45, 7) is 0.847. The molecule has 0 saturated heterocycles. The summed E-state index contributed by atoms with van der Waals surface area (Å²) in [6.07, 6.45) is 5.58. The number of hydrogen-bond donors (Lipinski definition) is 3. The summed E-state index contributed by atoms with van der Waals surface area (Å²) in [5.41, 5.74) is 2.12. The Morgan fingerprint density at radius 2 is 1.81 bits per heavy atom. The Hall–Kier alpha value is -3.15. The molecule has 2 amide bonds. The fourth-order valence-electron chi connectivity index (χ4n) is 3.34. The average molecular weight is 362 g/mol. The number of carbonyl (C=O) groups excluding carboxylic acids is 2. The van der Waals surface area contributed by atoms with Crippen LogP contribution in [-0.4, -0.2) is 28.3 Å². The number of pyridine rings is 1. The molecule has 2 heterocycles. The minimum Gasteiger partial charge on any atom is -0.361 e. The summed E-state index contributed by atoms with van der Waals surface area (Å²) in [5, 5.41) is 6.95. The molecule has 2 aromatic heterocycles. The highest BCUT2D eigenvalue weighted by atomic mass is 16.2. The van der Waals surface area contributed by atoms with Gasteiger partial charge in [0.25, 0.3) is 0 Å². The predicted octanol–water partition coefficient (Wildman–Crippen LogP) is 2.32. The number of rotatable bonds is 7. The lowest BCUT2D eigenvalue weighted by molar-refractivity contribution is -0.137. The fraction of sp³-hybridized carbons (Fsp3) is 0.286. The van der Waals surface area contributed by atoms with Crippen LogP contribution in [0.1, 0.15) is 24.1 Å². The van der Waals surface area contributed by atoms with E-state index in [2.05, 4.69) is 26.7 Å². The molecule has 1 saturated carbocycles. The van der Waals surface area contributed by atoms with Gasteiger partial charge in [-0.05, 0) is 43.0 Å². The first-order chi connectivity index (χ1) is 13.2. The second kappa shape index (κ2) is 7.23. The van der Waals surface area contributed by atoms with Gasteiger partial charge in [0.1, 0.15) is 5.41 Å². The summed E-state index contributed by atoms with van der Waals surface area (Å²) in [6, 6.07) is 13.6.